The Morgan fingerprint density at radius 2 is 1.85 bits per heavy atom. The molecule has 4 heterocycles. The van der Waals surface area contributed by atoms with E-state index in [0.29, 0.717) is 12.1 Å². The van der Waals surface area contributed by atoms with Crippen LogP contribution in [-0.2, 0) is 18.3 Å². The third-order valence-electron chi connectivity index (χ3n) is 7.20. The van der Waals surface area contributed by atoms with Crippen LogP contribution in [0.2, 0.25) is 0 Å². The minimum absolute atomic E-state index is 0.0401. The van der Waals surface area contributed by atoms with Gasteiger partial charge in [-0.2, -0.15) is 28.5 Å². The summed E-state index contributed by atoms with van der Waals surface area (Å²) in [5, 5.41) is 13.7. The summed E-state index contributed by atoms with van der Waals surface area (Å²) in [5.41, 5.74) is 3.43. The zero-order valence-corrected chi connectivity index (χ0v) is 19.1. The molecule has 0 aliphatic carbocycles. The number of nitrogens with zero attached hydrogens (tertiary/aromatic N) is 5. The largest absolute Gasteiger partial charge is 0.389 e. The van der Waals surface area contributed by atoms with Crippen LogP contribution in [0.25, 0.3) is 22.0 Å². The van der Waals surface area contributed by atoms with Gasteiger partial charge < -0.3 is 4.90 Å². The van der Waals surface area contributed by atoms with E-state index in [0.717, 1.165) is 47.7 Å². The molecule has 5 rings (SSSR count). The molecule has 2 saturated heterocycles. The van der Waals surface area contributed by atoms with Crippen LogP contribution in [0.4, 0.5) is 13.2 Å². The van der Waals surface area contributed by atoms with E-state index in [-0.39, 0.29) is 36.8 Å². The average Bonchev–Trinajstić information content (AvgIpc) is 3.33. The van der Waals surface area contributed by atoms with Gasteiger partial charge in [-0.15, -0.1) is 0 Å². The summed E-state index contributed by atoms with van der Waals surface area (Å²) in [6.07, 6.45) is 3.38. The van der Waals surface area contributed by atoms with Crippen LogP contribution in [0.15, 0.2) is 36.7 Å². The highest BCUT2D eigenvalue weighted by Gasteiger charge is 2.43. The van der Waals surface area contributed by atoms with E-state index in [1.165, 1.54) is 0 Å². The molecule has 1 unspecified atom stereocenters. The van der Waals surface area contributed by atoms with Gasteiger partial charge in [0.2, 0.25) is 5.91 Å². The van der Waals surface area contributed by atoms with Gasteiger partial charge in [0.25, 0.3) is 0 Å². The van der Waals surface area contributed by atoms with Crippen molar-refractivity contribution in [2.45, 2.75) is 69.6 Å². The number of carbonyl (C=O) groups is 1. The van der Waals surface area contributed by atoms with Crippen LogP contribution < -0.4 is 0 Å². The van der Waals surface area contributed by atoms with Crippen molar-refractivity contribution in [1.29, 1.82) is 0 Å². The topological polar surface area (TPSA) is 63.9 Å². The number of fused-ring (bicyclic) bond motifs is 3. The fraction of sp³-hybridized carbons (Fsp3) is 0.520. The van der Waals surface area contributed by atoms with Gasteiger partial charge in [0, 0.05) is 42.7 Å². The van der Waals surface area contributed by atoms with E-state index >= 15 is 0 Å². The lowest BCUT2D eigenvalue weighted by Crippen LogP contribution is -2.47. The molecule has 2 aliphatic heterocycles. The molecule has 0 N–H and O–H groups in total. The van der Waals surface area contributed by atoms with E-state index in [2.05, 4.69) is 15.3 Å². The number of piperidine rings is 1. The Bertz CT molecular complexity index is 1180. The molecule has 0 saturated carbocycles. The van der Waals surface area contributed by atoms with E-state index in [1.54, 1.807) is 4.68 Å². The molecule has 3 aromatic rings. The Balaban J connectivity index is 1.25. The molecule has 2 bridgehead atoms. The van der Waals surface area contributed by atoms with E-state index in [9.17, 15) is 18.0 Å². The molecule has 0 radical (unpaired) electrons. The number of alkyl halides is 3. The second-order valence-corrected chi connectivity index (χ2v) is 9.72. The Labute approximate surface area is 196 Å². The number of carbonyl (C=O) groups excluding carboxylic acids is 1. The Kier molecular flexibility index (Phi) is 6.04. The summed E-state index contributed by atoms with van der Waals surface area (Å²) in [4.78, 5) is 15.2. The molecule has 2 aliphatic rings. The van der Waals surface area contributed by atoms with Gasteiger partial charge in [-0.1, -0.05) is 6.07 Å². The predicted molar refractivity (Wildman–Crippen MR) is 122 cm³/mol. The average molecular weight is 472 g/mol. The zero-order valence-electron chi connectivity index (χ0n) is 19.1. The van der Waals surface area contributed by atoms with Gasteiger partial charge in [-0.3, -0.25) is 9.48 Å². The molecule has 1 amide bonds. The number of aryl methyl sites for hydroxylation is 1. The number of amides is 1. The maximum Gasteiger partial charge on any atom is 0.389 e. The van der Waals surface area contributed by atoms with Crippen molar-refractivity contribution < 1.29 is 18.0 Å². The minimum Gasteiger partial charge on any atom is -0.336 e. The molecule has 3 atom stereocenters. The second-order valence-electron chi connectivity index (χ2n) is 9.72. The molecule has 6 nitrogen and oxygen atoms in total. The van der Waals surface area contributed by atoms with Gasteiger partial charge in [-0.05, 0) is 68.2 Å². The van der Waals surface area contributed by atoms with Gasteiger partial charge in [-0.25, -0.2) is 0 Å². The molecule has 2 aromatic heterocycles. The summed E-state index contributed by atoms with van der Waals surface area (Å²) in [6.45, 7) is 0. The van der Waals surface area contributed by atoms with Crippen LogP contribution in [-0.4, -0.2) is 49.0 Å². The number of aromatic nitrogens is 4. The molecule has 1 aromatic carbocycles. The smallest absolute Gasteiger partial charge is 0.336 e. The number of hydrogen-bond acceptors (Lipinski definition) is 4. The highest BCUT2D eigenvalue weighted by Crippen LogP contribution is 2.41. The number of halogens is 3. The van der Waals surface area contributed by atoms with Crippen molar-refractivity contribution in [2.24, 2.45) is 13.0 Å². The highest BCUT2D eigenvalue weighted by atomic mass is 19.4. The lowest BCUT2D eigenvalue weighted by molar-refractivity contribution is -0.137. The SMILES string of the molecule is Cn1cc(-c2ccc3nnc(CC(=O)N4[C@@H]5CC[C@H]4CC(CCCC(F)(F)F)C5)cc3c2)cn1. The fourth-order valence-electron chi connectivity index (χ4n) is 5.69. The Hall–Kier alpha value is -2.97. The molecule has 9 heteroatoms. The monoisotopic (exact) mass is 471 g/mol. The van der Waals surface area contributed by atoms with E-state index in [4.69, 9.17) is 0 Å². The lowest BCUT2D eigenvalue weighted by Gasteiger charge is -2.39. The molecular formula is C25H28F3N5O. The standard InChI is InChI=1S/C25H28F3N5O/c1-32-15-19(14-29-32)17-4-7-23-18(11-17)12-20(30-31-23)13-24(34)33-21-5-6-22(33)10-16(9-21)3-2-8-25(26,27)28/h4,7,11-12,14-16,21-22H,2-3,5-6,8-10,13H2,1H3/t16?,21-,22+. The summed E-state index contributed by atoms with van der Waals surface area (Å²) < 4.78 is 39.2. The summed E-state index contributed by atoms with van der Waals surface area (Å²) in [7, 11) is 1.87. The van der Waals surface area contributed by atoms with Crippen LogP contribution in [0.5, 0.6) is 0 Å². The number of rotatable bonds is 6. The third-order valence-corrected chi connectivity index (χ3v) is 7.20. The second kappa shape index (κ2) is 9.00. The molecule has 0 spiro atoms. The van der Waals surface area contributed by atoms with Crippen LogP contribution in [0.1, 0.15) is 50.6 Å². The van der Waals surface area contributed by atoms with Crippen molar-refractivity contribution in [3.8, 4) is 11.1 Å². The fourth-order valence-corrected chi connectivity index (χ4v) is 5.69. The normalized spacial score (nSPS) is 22.5. The molecular weight excluding hydrogens is 443 g/mol. The maximum atomic E-state index is 13.2. The van der Waals surface area contributed by atoms with Crippen molar-refractivity contribution >= 4 is 16.8 Å². The van der Waals surface area contributed by atoms with Gasteiger partial charge in [0.15, 0.2) is 0 Å². The van der Waals surface area contributed by atoms with E-state index < -0.39 is 12.6 Å². The minimum atomic E-state index is -4.09. The molecule has 180 valence electrons. The summed E-state index contributed by atoms with van der Waals surface area (Å²) >= 11 is 0. The first-order valence-corrected chi connectivity index (χ1v) is 11.9. The van der Waals surface area contributed by atoms with Gasteiger partial charge in [0.1, 0.15) is 0 Å². The van der Waals surface area contributed by atoms with Crippen LogP contribution in [0, 0.1) is 5.92 Å². The van der Waals surface area contributed by atoms with Crippen molar-refractivity contribution in [2.75, 3.05) is 0 Å². The number of hydrogen-bond donors (Lipinski definition) is 0. The quantitative estimate of drug-likeness (QED) is 0.503. The highest BCUT2D eigenvalue weighted by molar-refractivity contribution is 5.85. The summed E-state index contributed by atoms with van der Waals surface area (Å²) in [5.74, 6) is 0.313. The molecule has 34 heavy (non-hydrogen) atoms. The van der Waals surface area contributed by atoms with Gasteiger partial charge >= 0.3 is 6.18 Å². The Morgan fingerprint density at radius 3 is 2.53 bits per heavy atom. The van der Waals surface area contributed by atoms with E-state index in [1.807, 2.05) is 48.6 Å². The van der Waals surface area contributed by atoms with Crippen molar-refractivity contribution in [1.82, 2.24) is 24.9 Å². The third kappa shape index (κ3) is 4.93. The Morgan fingerprint density at radius 1 is 1.09 bits per heavy atom. The van der Waals surface area contributed by atoms with Crippen molar-refractivity contribution in [3.05, 3.63) is 42.4 Å². The molecule has 2 fully saturated rings. The summed E-state index contributed by atoms with van der Waals surface area (Å²) in [6, 6.07) is 8.12. The lowest BCUT2D eigenvalue weighted by atomic mass is 9.86. The zero-order chi connectivity index (χ0) is 23.9. The van der Waals surface area contributed by atoms with Crippen molar-refractivity contribution in [3.63, 3.8) is 0 Å². The van der Waals surface area contributed by atoms with Crippen LogP contribution >= 0.6 is 0 Å². The first-order valence-electron chi connectivity index (χ1n) is 11.9. The maximum absolute atomic E-state index is 13.2. The van der Waals surface area contributed by atoms with Gasteiger partial charge in [0.05, 0.1) is 23.8 Å². The predicted octanol–water partition coefficient (Wildman–Crippen LogP) is 5.08. The first-order chi connectivity index (χ1) is 16.2. The first kappa shape index (κ1) is 22.8. The van der Waals surface area contributed by atoms with Crippen LogP contribution in [0.3, 0.4) is 0 Å². The number of benzene rings is 1.